The molecule has 2 nitrogen and oxygen atoms in total. The maximum Gasteiger partial charge on any atom is 0.0445 e. The molecular formula is C12H17Br2NO. The summed E-state index contributed by atoms with van der Waals surface area (Å²) in [5.41, 5.74) is 1.23. The lowest BCUT2D eigenvalue weighted by Crippen LogP contribution is -2.29. The fourth-order valence-electron chi connectivity index (χ4n) is 1.65. The van der Waals surface area contributed by atoms with Crippen molar-refractivity contribution in [1.82, 2.24) is 5.32 Å². The number of rotatable bonds is 5. The molecule has 1 aromatic carbocycles. The summed E-state index contributed by atoms with van der Waals surface area (Å²) in [5, 5.41) is 12.3. The van der Waals surface area contributed by atoms with E-state index in [1.54, 1.807) is 0 Å². The van der Waals surface area contributed by atoms with Gasteiger partial charge in [0.25, 0.3) is 0 Å². The summed E-state index contributed by atoms with van der Waals surface area (Å²) in [7, 11) is 0. The van der Waals surface area contributed by atoms with Crippen LogP contribution in [0.1, 0.15) is 31.9 Å². The lowest BCUT2D eigenvalue weighted by Gasteiger charge is -2.20. The number of aliphatic hydroxyl groups is 1. The highest BCUT2D eigenvalue weighted by Gasteiger charge is 2.11. The minimum Gasteiger partial charge on any atom is -0.396 e. The van der Waals surface area contributed by atoms with Gasteiger partial charge >= 0.3 is 0 Å². The first-order valence-electron chi connectivity index (χ1n) is 5.36. The van der Waals surface area contributed by atoms with Crippen molar-refractivity contribution in [3.05, 3.63) is 32.7 Å². The molecule has 0 aliphatic rings. The highest BCUT2D eigenvalue weighted by Crippen LogP contribution is 2.27. The van der Waals surface area contributed by atoms with Crippen LogP contribution in [0.3, 0.4) is 0 Å². The third-order valence-electron chi connectivity index (χ3n) is 2.53. The number of nitrogens with one attached hydrogen (secondary N) is 1. The van der Waals surface area contributed by atoms with Crippen LogP contribution in [0.4, 0.5) is 0 Å². The van der Waals surface area contributed by atoms with E-state index < -0.39 is 0 Å². The SMILES string of the molecule is CC(CCO)NC(C)c1ccc(Br)cc1Br. The van der Waals surface area contributed by atoms with Gasteiger partial charge in [-0.1, -0.05) is 37.9 Å². The quantitative estimate of drug-likeness (QED) is 0.849. The van der Waals surface area contributed by atoms with E-state index in [1.165, 1.54) is 5.56 Å². The molecule has 0 aliphatic carbocycles. The minimum atomic E-state index is 0.225. The topological polar surface area (TPSA) is 32.3 Å². The molecular weight excluding hydrogens is 334 g/mol. The predicted molar refractivity (Wildman–Crippen MR) is 74.6 cm³/mol. The molecule has 16 heavy (non-hydrogen) atoms. The zero-order valence-electron chi connectivity index (χ0n) is 9.50. The largest absolute Gasteiger partial charge is 0.396 e. The smallest absolute Gasteiger partial charge is 0.0445 e. The van der Waals surface area contributed by atoms with Crippen molar-refractivity contribution in [2.45, 2.75) is 32.4 Å². The van der Waals surface area contributed by atoms with Crippen LogP contribution in [0, 0.1) is 0 Å². The van der Waals surface area contributed by atoms with Crippen molar-refractivity contribution in [2.75, 3.05) is 6.61 Å². The summed E-state index contributed by atoms with van der Waals surface area (Å²) < 4.78 is 2.16. The maximum absolute atomic E-state index is 8.86. The van der Waals surface area contributed by atoms with Gasteiger partial charge in [0.1, 0.15) is 0 Å². The molecule has 0 aromatic heterocycles. The Bertz CT molecular complexity index is 344. The molecule has 90 valence electrons. The van der Waals surface area contributed by atoms with Gasteiger partial charge in [-0.25, -0.2) is 0 Å². The molecule has 2 N–H and O–H groups in total. The Labute approximate surface area is 114 Å². The molecule has 0 saturated carbocycles. The van der Waals surface area contributed by atoms with Crippen LogP contribution < -0.4 is 5.32 Å². The number of hydrogen-bond acceptors (Lipinski definition) is 2. The van der Waals surface area contributed by atoms with Crippen molar-refractivity contribution in [2.24, 2.45) is 0 Å². The first kappa shape index (κ1) is 14.2. The maximum atomic E-state index is 8.86. The summed E-state index contributed by atoms with van der Waals surface area (Å²) in [4.78, 5) is 0. The Hall–Kier alpha value is 0.1000. The average Bonchev–Trinajstić information content (AvgIpc) is 2.17. The van der Waals surface area contributed by atoms with Crippen LogP contribution >= 0.6 is 31.9 Å². The zero-order valence-corrected chi connectivity index (χ0v) is 12.7. The van der Waals surface area contributed by atoms with E-state index in [1.807, 2.05) is 12.1 Å². The Morgan fingerprint density at radius 1 is 1.31 bits per heavy atom. The molecule has 0 fully saturated rings. The molecule has 0 heterocycles. The van der Waals surface area contributed by atoms with Crippen molar-refractivity contribution < 1.29 is 5.11 Å². The van der Waals surface area contributed by atoms with Gasteiger partial charge in [0.2, 0.25) is 0 Å². The molecule has 2 unspecified atom stereocenters. The predicted octanol–water partition coefficient (Wildman–Crippen LogP) is 3.63. The van der Waals surface area contributed by atoms with Gasteiger partial charge < -0.3 is 10.4 Å². The fraction of sp³-hybridized carbons (Fsp3) is 0.500. The Balaban J connectivity index is 2.69. The number of benzene rings is 1. The van der Waals surface area contributed by atoms with Gasteiger partial charge in [-0.05, 0) is 38.0 Å². The molecule has 0 saturated heterocycles. The van der Waals surface area contributed by atoms with Crippen LogP contribution in [0.5, 0.6) is 0 Å². The monoisotopic (exact) mass is 349 g/mol. The summed E-state index contributed by atoms with van der Waals surface area (Å²) in [6, 6.07) is 6.76. The lowest BCUT2D eigenvalue weighted by atomic mass is 10.1. The molecule has 1 rings (SSSR count). The van der Waals surface area contributed by atoms with Gasteiger partial charge in [-0.2, -0.15) is 0 Å². The van der Waals surface area contributed by atoms with E-state index in [2.05, 4.69) is 57.1 Å². The number of aliphatic hydroxyl groups excluding tert-OH is 1. The third kappa shape index (κ3) is 4.17. The highest BCUT2D eigenvalue weighted by molar-refractivity contribution is 9.11. The second kappa shape index (κ2) is 6.74. The Morgan fingerprint density at radius 2 is 2.00 bits per heavy atom. The van der Waals surface area contributed by atoms with Gasteiger partial charge in [0.05, 0.1) is 0 Å². The first-order chi connectivity index (χ1) is 7.54. The molecule has 0 amide bonds. The summed E-state index contributed by atoms with van der Waals surface area (Å²) in [6.07, 6.45) is 0.776. The number of halogens is 2. The molecule has 4 heteroatoms. The van der Waals surface area contributed by atoms with Crippen molar-refractivity contribution in [3.63, 3.8) is 0 Å². The standard InChI is InChI=1S/C12H17Br2NO/c1-8(5-6-16)15-9(2)11-4-3-10(13)7-12(11)14/h3-4,7-9,15-16H,5-6H2,1-2H3. The average molecular weight is 351 g/mol. The highest BCUT2D eigenvalue weighted by atomic mass is 79.9. The third-order valence-corrected chi connectivity index (χ3v) is 3.71. The van der Waals surface area contributed by atoms with Crippen LogP contribution in [0.15, 0.2) is 27.1 Å². The van der Waals surface area contributed by atoms with Gasteiger partial charge in [0.15, 0.2) is 0 Å². The van der Waals surface area contributed by atoms with Crippen LogP contribution in [0.25, 0.3) is 0 Å². The number of hydrogen-bond donors (Lipinski definition) is 2. The van der Waals surface area contributed by atoms with Crippen LogP contribution in [0.2, 0.25) is 0 Å². The second-order valence-electron chi connectivity index (χ2n) is 3.97. The molecule has 0 bridgehead atoms. The summed E-state index contributed by atoms with van der Waals surface area (Å²) in [6.45, 7) is 4.43. The molecule has 1 aromatic rings. The molecule has 0 spiro atoms. The summed E-state index contributed by atoms with van der Waals surface area (Å²) in [5.74, 6) is 0. The van der Waals surface area contributed by atoms with E-state index in [0.29, 0.717) is 6.04 Å². The Morgan fingerprint density at radius 3 is 2.56 bits per heavy atom. The van der Waals surface area contributed by atoms with Crippen molar-refractivity contribution in [3.8, 4) is 0 Å². The lowest BCUT2D eigenvalue weighted by molar-refractivity contribution is 0.264. The second-order valence-corrected chi connectivity index (χ2v) is 5.74. The molecule has 2 atom stereocenters. The van der Waals surface area contributed by atoms with Gasteiger partial charge in [-0.3, -0.25) is 0 Å². The van der Waals surface area contributed by atoms with E-state index in [4.69, 9.17) is 5.11 Å². The van der Waals surface area contributed by atoms with E-state index in [-0.39, 0.29) is 12.6 Å². The summed E-state index contributed by atoms with van der Waals surface area (Å²) >= 11 is 6.99. The van der Waals surface area contributed by atoms with E-state index >= 15 is 0 Å². The normalized spacial score (nSPS) is 14.8. The van der Waals surface area contributed by atoms with Crippen LogP contribution in [-0.2, 0) is 0 Å². The van der Waals surface area contributed by atoms with E-state index in [9.17, 15) is 0 Å². The van der Waals surface area contributed by atoms with E-state index in [0.717, 1.165) is 15.4 Å². The minimum absolute atomic E-state index is 0.225. The molecule has 0 aliphatic heterocycles. The van der Waals surface area contributed by atoms with Crippen molar-refractivity contribution >= 4 is 31.9 Å². The molecule has 0 radical (unpaired) electrons. The first-order valence-corrected chi connectivity index (χ1v) is 6.95. The van der Waals surface area contributed by atoms with Gasteiger partial charge in [0, 0.05) is 27.6 Å². The fourth-order valence-corrected chi connectivity index (χ4v) is 3.04. The van der Waals surface area contributed by atoms with Gasteiger partial charge in [-0.15, -0.1) is 0 Å². The Kier molecular flexibility index (Phi) is 5.97. The zero-order chi connectivity index (χ0) is 12.1. The van der Waals surface area contributed by atoms with Crippen molar-refractivity contribution in [1.29, 1.82) is 0 Å². The van der Waals surface area contributed by atoms with Crippen LogP contribution in [-0.4, -0.2) is 17.8 Å².